The Balaban J connectivity index is 1.62. The summed E-state index contributed by atoms with van der Waals surface area (Å²) >= 11 is 0. The summed E-state index contributed by atoms with van der Waals surface area (Å²) in [6.45, 7) is 9.46. The van der Waals surface area contributed by atoms with Gasteiger partial charge in [-0.15, -0.1) is 0 Å². The molecule has 0 unspecified atom stereocenters. The lowest BCUT2D eigenvalue weighted by Crippen LogP contribution is -2.50. The zero-order chi connectivity index (χ0) is 35.0. The molecule has 4 rings (SSSR count). The van der Waals surface area contributed by atoms with Gasteiger partial charge in [-0.1, -0.05) is 31.3 Å². The lowest BCUT2D eigenvalue weighted by atomic mass is 9.96. The quantitative estimate of drug-likeness (QED) is 0.351. The van der Waals surface area contributed by atoms with Gasteiger partial charge in [0.05, 0.1) is 30.4 Å². The summed E-state index contributed by atoms with van der Waals surface area (Å²) < 4.78 is 46.9. The molecule has 2 aliphatic rings. The topological polar surface area (TPSA) is 164 Å². The number of aryl methyl sites for hydroxylation is 2. The van der Waals surface area contributed by atoms with Crippen LogP contribution in [0.1, 0.15) is 93.9 Å². The van der Waals surface area contributed by atoms with Gasteiger partial charge in [0.15, 0.2) is 10.7 Å². The van der Waals surface area contributed by atoms with Crippen molar-refractivity contribution in [3.05, 3.63) is 35.2 Å². The predicted molar refractivity (Wildman–Crippen MR) is 182 cm³/mol. The third-order valence-electron chi connectivity index (χ3n) is 9.27. The Morgan fingerprint density at radius 3 is 2.50 bits per heavy atom. The van der Waals surface area contributed by atoms with Crippen LogP contribution >= 0.6 is 0 Å². The maximum Gasteiger partial charge on any atom is 0.317 e. The number of likely N-dealkylation sites (N-methyl/N-ethyl adjacent to an activating group) is 1. The van der Waals surface area contributed by atoms with E-state index in [0.29, 0.717) is 25.3 Å². The fraction of sp³-hybridized carbons (Fsp3) is 0.676. The minimum Gasteiger partial charge on any atom is -0.490 e. The highest BCUT2D eigenvalue weighted by atomic mass is 32.2. The van der Waals surface area contributed by atoms with Gasteiger partial charge in [-0.25, -0.2) is 13.2 Å². The van der Waals surface area contributed by atoms with Crippen LogP contribution in [-0.4, -0.2) is 98.1 Å². The highest BCUT2D eigenvalue weighted by Crippen LogP contribution is 2.30. The average molecular weight is 692 g/mol. The Bertz CT molecular complexity index is 1470. The summed E-state index contributed by atoms with van der Waals surface area (Å²) in [6.07, 6.45) is 7.11. The van der Waals surface area contributed by atoms with Gasteiger partial charge in [0, 0.05) is 44.4 Å². The standard InChI is InChI=1S/C34H53N5O8S/c1-22-19-39(23(2)21-40)33(41)29-18-28(37-48(43,44)32-25(4)36-47-26(32)5)15-16-30(29)46-24(3)12-10-11-17-45-31(22)20-38(6)34(42)35-27-13-8-7-9-14-27/h15-16,18,22-24,27,31,37,40H,7-14,17,19-21H2,1-6H3,(H,35,42)/t22-,23+,24+,31-/m1/s1. The van der Waals surface area contributed by atoms with Crippen LogP contribution in [0.3, 0.4) is 0 Å². The van der Waals surface area contributed by atoms with E-state index in [1.807, 2.05) is 13.8 Å². The van der Waals surface area contributed by atoms with Crippen LogP contribution in [0.15, 0.2) is 27.6 Å². The first kappa shape index (κ1) is 37.5. The SMILES string of the molecule is Cc1noc(C)c1S(=O)(=O)Nc1ccc2c(c1)C(=O)N([C@@H](C)CO)C[C@@H](C)[C@@H](CN(C)C(=O)NC1CCCCC1)OCCCC[C@H](C)O2. The number of aliphatic hydroxyl groups is 1. The second-order valence-electron chi connectivity index (χ2n) is 13.4. The maximum absolute atomic E-state index is 14.4. The Kier molecular flexibility index (Phi) is 13.1. The molecule has 0 bridgehead atoms. The number of fused-ring (bicyclic) bond motifs is 1. The molecule has 14 heteroatoms. The van der Waals surface area contributed by atoms with Gasteiger partial charge >= 0.3 is 6.03 Å². The second kappa shape index (κ2) is 16.8. The number of aliphatic hydroxyl groups excluding tert-OH is 1. The number of sulfonamides is 1. The molecule has 1 aliphatic carbocycles. The summed E-state index contributed by atoms with van der Waals surface area (Å²) in [6, 6.07) is 4.08. The molecule has 268 valence electrons. The largest absolute Gasteiger partial charge is 0.490 e. The van der Waals surface area contributed by atoms with Gasteiger partial charge < -0.3 is 34.2 Å². The monoisotopic (exact) mass is 691 g/mol. The number of carbonyl (C=O) groups excluding carboxylic acids is 2. The van der Waals surface area contributed by atoms with Gasteiger partial charge in [-0.2, -0.15) is 0 Å². The van der Waals surface area contributed by atoms with Gasteiger partial charge in [0.2, 0.25) is 0 Å². The summed E-state index contributed by atoms with van der Waals surface area (Å²) in [5, 5.41) is 17.2. The molecule has 4 atom stereocenters. The van der Waals surface area contributed by atoms with Crippen molar-refractivity contribution in [1.82, 2.24) is 20.3 Å². The number of ether oxygens (including phenoxy) is 2. The fourth-order valence-corrected chi connectivity index (χ4v) is 7.78. The van der Waals surface area contributed by atoms with E-state index >= 15 is 0 Å². The van der Waals surface area contributed by atoms with Crippen LogP contribution in [0.5, 0.6) is 5.75 Å². The van der Waals surface area contributed by atoms with Crippen LogP contribution < -0.4 is 14.8 Å². The first-order chi connectivity index (χ1) is 22.8. The molecule has 1 aliphatic heterocycles. The Hall–Kier alpha value is -3.36. The van der Waals surface area contributed by atoms with E-state index in [1.165, 1.54) is 19.4 Å². The lowest BCUT2D eigenvalue weighted by molar-refractivity contribution is -0.0123. The van der Waals surface area contributed by atoms with Crippen molar-refractivity contribution >= 4 is 27.6 Å². The molecule has 48 heavy (non-hydrogen) atoms. The smallest absolute Gasteiger partial charge is 0.317 e. The molecule has 13 nitrogen and oxygen atoms in total. The van der Waals surface area contributed by atoms with Crippen LogP contribution in [0, 0.1) is 19.8 Å². The van der Waals surface area contributed by atoms with Crippen molar-refractivity contribution in [2.45, 2.75) is 115 Å². The molecule has 2 heterocycles. The number of hydrogen-bond donors (Lipinski definition) is 3. The third-order valence-corrected chi connectivity index (χ3v) is 10.9. The number of anilines is 1. The van der Waals surface area contributed by atoms with E-state index in [0.717, 1.165) is 38.5 Å². The molecule has 2 aromatic rings. The Morgan fingerprint density at radius 2 is 1.83 bits per heavy atom. The lowest BCUT2D eigenvalue weighted by Gasteiger charge is -2.36. The zero-order valence-corrected chi connectivity index (χ0v) is 30.0. The van der Waals surface area contributed by atoms with Crippen LogP contribution in [-0.2, 0) is 14.8 Å². The van der Waals surface area contributed by atoms with Crippen molar-refractivity contribution in [3.8, 4) is 5.75 Å². The average Bonchev–Trinajstić information content (AvgIpc) is 3.40. The van der Waals surface area contributed by atoms with Crippen molar-refractivity contribution in [2.75, 3.05) is 38.1 Å². The zero-order valence-electron chi connectivity index (χ0n) is 29.2. The summed E-state index contributed by atoms with van der Waals surface area (Å²) in [5.41, 5.74) is 0.542. The molecule has 3 N–H and O–H groups in total. The van der Waals surface area contributed by atoms with Crippen molar-refractivity contribution < 1.29 is 37.1 Å². The first-order valence-electron chi connectivity index (χ1n) is 17.1. The Morgan fingerprint density at radius 1 is 1.12 bits per heavy atom. The van der Waals surface area contributed by atoms with E-state index < -0.39 is 22.0 Å². The number of benzene rings is 1. The molecule has 0 spiro atoms. The van der Waals surface area contributed by atoms with Crippen molar-refractivity contribution in [1.29, 1.82) is 0 Å². The predicted octanol–water partition coefficient (Wildman–Crippen LogP) is 4.86. The van der Waals surface area contributed by atoms with Gasteiger partial charge in [0.25, 0.3) is 15.9 Å². The first-order valence-corrected chi connectivity index (χ1v) is 18.6. The third kappa shape index (κ3) is 9.63. The second-order valence-corrected chi connectivity index (χ2v) is 15.1. The number of aromatic nitrogens is 1. The normalized spacial score (nSPS) is 22.6. The molecular formula is C34H53N5O8S. The highest BCUT2D eigenvalue weighted by Gasteiger charge is 2.32. The Labute approximate surface area is 284 Å². The number of amides is 3. The summed E-state index contributed by atoms with van der Waals surface area (Å²) in [4.78, 5) is 30.7. The van der Waals surface area contributed by atoms with Gasteiger partial charge in [-0.05, 0) is 78.0 Å². The molecule has 1 aromatic heterocycles. The van der Waals surface area contributed by atoms with Gasteiger partial charge in [0.1, 0.15) is 11.4 Å². The minimum absolute atomic E-state index is 0.0634. The van der Waals surface area contributed by atoms with E-state index in [9.17, 15) is 23.1 Å². The summed E-state index contributed by atoms with van der Waals surface area (Å²) in [5.74, 6) is -0.180. The number of rotatable bonds is 8. The molecule has 0 saturated heterocycles. The van der Waals surface area contributed by atoms with Crippen LogP contribution in [0.25, 0.3) is 0 Å². The van der Waals surface area contributed by atoms with Gasteiger partial charge in [-0.3, -0.25) is 9.52 Å². The number of nitrogens with zero attached hydrogens (tertiary/aromatic N) is 3. The maximum atomic E-state index is 14.4. The minimum atomic E-state index is -4.08. The van der Waals surface area contributed by atoms with E-state index in [1.54, 1.807) is 42.8 Å². The number of urea groups is 1. The molecule has 3 amide bonds. The summed E-state index contributed by atoms with van der Waals surface area (Å²) in [7, 11) is -2.32. The fourth-order valence-electron chi connectivity index (χ4n) is 6.40. The highest BCUT2D eigenvalue weighted by molar-refractivity contribution is 7.92. The molecule has 1 aromatic carbocycles. The molecule has 1 saturated carbocycles. The molecule has 0 radical (unpaired) electrons. The van der Waals surface area contributed by atoms with E-state index in [-0.39, 0.29) is 71.0 Å². The number of hydrogen-bond acceptors (Lipinski definition) is 9. The number of carbonyl (C=O) groups is 2. The molecule has 1 fully saturated rings. The van der Waals surface area contributed by atoms with Crippen molar-refractivity contribution in [3.63, 3.8) is 0 Å². The van der Waals surface area contributed by atoms with Crippen LogP contribution in [0.2, 0.25) is 0 Å². The number of nitrogens with one attached hydrogen (secondary N) is 2. The van der Waals surface area contributed by atoms with Crippen molar-refractivity contribution in [2.24, 2.45) is 5.92 Å². The molecular weight excluding hydrogens is 638 g/mol. The van der Waals surface area contributed by atoms with E-state index in [4.69, 9.17) is 14.0 Å². The van der Waals surface area contributed by atoms with Crippen LogP contribution in [0.4, 0.5) is 10.5 Å². The van der Waals surface area contributed by atoms with E-state index in [2.05, 4.69) is 15.2 Å².